The molecule has 1 aliphatic heterocycles. The molecule has 0 N–H and O–H groups in total. The molecule has 0 spiro atoms. The summed E-state index contributed by atoms with van der Waals surface area (Å²) in [7, 11) is 4.78. The Bertz CT molecular complexity index is 786. The smallest absolute Gasteiger partial charge is 0.306 e. The highest BCUT2D eigenvalue weighted by Gasteiger charge is 2.37. The molecule has 2 rings (SSSR count). The fraction of sp³-hybridized carbons (Fsp3) is 0.591. The number of nitrogens with zero attached hydrogens (tertiary/aromatic N) is 2. The van der Waals surface area contributed by atoms with Crippen LogP contribution in [0.1, 0.15) is 40.0 Å². The first-order valence-electron chi connectivity index (χ1n) is 10.0. The number of hydrogen-bond donors (Lipinski definition) is 0. The lowest BCUT2D eigenvalue weighted by atomic mass is 10.1. The number of rotatable bonds is 8. The van der Waals surface area contributed by atoms with Crippen molar-refractivity contribution in [3.63, 3.8) is 0 Å². The summed E-state index contributed by atoms with van der Waals surface area (Å²) in [5.74, 6) is 0.171. The Kier molecular flexibility index (Phi) is 7.70. The SMILES string of the molecule is COc1ccc(OC)c(N2CC(C(=O)N(C)CCCC(=O)OC(C)(C)C)CC2=O)c1. The summed E-state index contributed by atoms with van der Waals surface area (Å²) in [5, 5.41) is 0. The largest absolute Gasteiger partial charge is 0.497 e. The molecule has 1 fully saturated rings. The van der Waals surface area contributed by atoms with E-state index in [2.05, 4.69) is 0 Å². The highest BCUT2D eigenvalue weighted by Crippen LogP contribution is 2.36. The highest BCUT2D eigenvalue weighted by molar-refractivity contribution is 6.01. The highest BCUT2D eigenvalue weighted by atomic mass is 16.6. The van der Waals surface area contributed by atoms with Crippen LogP contribution in [0.2, 0.25) is 0 Å². The molecule has 1 saturated heterocycles. The van der Waals surface area contributed by atoms with Gasteiger partial charge in [-0.15, -0.1) is 0 Å². The molecule has 1 unspecified atom stereocenters. The molecule has 1 aliphatic rings. The maximum atomic E-state index is 12.8. The third-order valence-corrected chi connectivity index (χ3v) is 4.82. The first-order valence-corrected chi connectivity index (χ1v) is 10.0. The normalized spacial score (nSPS) is 16.4. The Morgan fingerprint density at radius 2 is 1.90 bits per heavy atom. The summed E-state index contributed by atoms with van der Waals surface area (Å²) < 4.78 is 15.9. The standard InChI is InChI=1S/C22H32N2O6/c1-22(2,3)30-20(26)8-7-11-23(4)21(27)15-12-19(25)24(14-15)17-13-16(28-5)9-10-18(17)29-6/h9-10,13,15H,7-8,11-12,14H2,1-6H3. The van der Waals surface area contributed by atoms with Crippen molar-refractivity contribution in [2.75, 3.05) is 39.3 Å². The molecule has 1 aromatic rings. The fourth-order valence-electron chi connectivity index (χ4n) is 3.39. The zero-order valence-electron chi connectivity index (χ0n) is 18.7. The maximum Gasteiger partial charge on any atom is 0.306 e. The van der Waals surface area contributed by atoms with Gasteiger partial charge in [0.25, 0.3) is 0 Å². The number of carbonyl (C=O) groups excluding carboxylic acids is 3. The topological polar surface area (TPSA) is 85.4 Å². The van der Waals surface area contributed by atoms with E-state index in [0.717, 1.165) is 0 Å². The van der Waals surface area contributed by atoms with Gasteiger partial charge in [0.1, 0.15) is 17.1 Å². The number of carbonyl (C=O) groups is 3. The lowest BCUT2D eigenvalue weighted by molar-refractivity contribution is -0.155. The number of anilines is 1. The van der Waals surface area contributed by atoms with E-state index in [4.69, 9.17) is 14.2 Å². The van der Waals surface area contributed by atoms with E-state index < -0.39 is 11.5 Å². The van der Waals surface area contributed by atoms with Crippen LogP contribution >= 0.6 is 0 Å². The van der Waals surface area contributed by atoms with Gasteiger partial charge in [-0.3, -0.25) is 14.4 Å². The van der Waals surface area contributed by atoms with Crippen molar-refractivity contribution in [1.82, 2.24) is 4.90 Å². The second-order valence-electron chi connectivity index (χ2n) is 8.39. The van der Waals surface area contributed by atoms with Gasteiger partial charge in [-0.1, -0.05) is 0 Å². The van der Waals surface area contributed by atoms with Gasteiger partial charge in [0, 0.05) is 39.0 Å². The molecule has 166 valence electrons. The molecular formula is C22H32N2O6. The fourth-order valence-corrected chi connectivity index (χ4v) is 3.39. The molecule has 1 heterocycles. The van der Waals surface area contributed by atoms with Crippen LogP contribution in [0.3, 0.4) is 0 Å². The lowest BCUT2D eigenvalue weighted by Crippen LogP contribution is -2.35. The van der Waals surface area contributed by atoms with E-state index in [1.165, 1.54) is 7.11 Å². The van der Waals surface area contributed by atoms with E-state index >= 15 is 0 Å². The second kappa shape index (κ2) is 9.82. The summed E-state index contributed by atoms with van der Waals surface area (Å²) in [6.45, 7) is 6.16. The number of methoxy groups -OCH3 is 2. The van der Waals surface area contributed by atoms with Crippen LogP contribution in [0.5, 0.6) is 11.5 Å². The number of benzene rings is 1. The Balaban J connectivity index is 1.96. The molecule has 1 atom stereocenters. The van der Waals surface area contributed by atoms with E-state index in [1.54, 1.807) is 42.2 Å². The van der Waals surface area contributed by atoms with Gasteiger partial charge in [-0.05, 0) is 39.3 Å². The van der Waals surface area contributed by atoms with Crippen molar-refractivity contribution < 1.29 is 28.6 Å². The average molecular weight is 421 g/mol. The predicted octanol–water partition coefficient (Wildman–Crippen LogP) is 2.64. The van der Waals surface area contributed by atoms with Crippen LogP contribution in [-0.4, -0.2) is 62.6 Å². The number of amides is 2. The van der Waals surface area contributed by atoms with E-state index in [-0.39, 0.29) is 37.2 Å². The summed E-state index contributed by atoms with van der Waals surface area (Å²) in [6.07, 6.45) is 0.881. The first-order chi connectivity index (χ1) is 14.1. The molecule has 8 nitrogen and oxygen atoms in total. The van der Waals surface area contributed by atoms with Crippen LogP contribution in [-0.2, 0) is 19.1 Å². The third kappa shape index (κ3) is 6.11. The van der Waals surface area contributed by atoms with Gasteiger partial charge in [0.05, 0.1) is 25.8 Å². The number of esters is 1. The van der Waals surface area contributed by atoms with Crippen molar-refractivity contribution in [3.8, 4) is 11.5 Å². The molecule has 30 heavy (non-hydrogen) atoms. The Morgan fingerprint density at radius 1 is 1.20 bits per heavy atom. The van der Waals surface area contributed by atoms with Gasteiger partial charge in [-0.25, -0.2) is 0 Å². The molecule has 8 heteroatoms. The predicted molar refractivity (Wildman–Crippen MR) is 113 cm³/mol. The summed E-state index contributed by atoms with van der Waals surface area (Å²) in [4.78, 5) is 40.4. The minimum absolute atomic E-state index is 0.114. The first kappa shape index (κ1) is 23.5. The Hall–Kier alpha value is -2.77. The van der Waals surface area contributed by atoms with Crippen LogP contribution in [0.15, 0.2) is 18.2 Å². The molecule has 0 bridgehead atoms. The Morgan fingerprint density at radius 3 is 2.50 bits per heavy atom. The van der Waals surface area contributed by atoms with Crippen molar-refractivity contribution >= 4 is 23.5 Å². The van der Waals surface area contributed by atoms with Crippen LogP contribution in [0.25, 0.3) is 0 Å². The van der Waals surface area contributed by atoms with Gasteiger partial charge < -0.3 is 24.0 Å². The molecule has 1 aromatic carbocycles. The summed E-state index contributed by atoms with van der Waals surface area (Å²) in [5.41, 5.74) is 0.0675. The van der Waals surface area contributed by atoms with E-state index in [9.17, 15) is 14.4 Å². The summed E-state index contributed by atoms with van der Waals surface area (Å²) in [6, 6.07) is 5.22. The molecule has 0 radical (unpaired) electrons. The second-order valence-corrected chi connectivity index (χ2v) is 8.39. The molecule has 0 aromatic heterocycles. The van der Waals surface area contributed by atoms with Crippen LogP contribution < -0.4 is 14.4 Å². The molecular weight excluding hydrogens is 388 g/mol. The lowest BCUT2D eigenvalue weighted by Gasteiger charge is -2.23. The van der Waals surface area contributed by atoms with Gasteiger partial charge in [0.15, 0.2) is 0 Å². The average Bonchev–Trinajstić information content (AvgIpc) is 3.06. The molecule has 2 amide bonds. The van der Waals surface area contributed by atoms with Crippen molar-refractivity contribution in [3.05, 3.63) is 18.2 Å². The van der Waals surface area contributed by atoms with Crippen molar-refractivity contribution in [2.24, 2.45) is 5.92 Å². The third-order valence-electron chi connectivity index (χ3n) is 4.82. The van der Waals surface area contributed by atoms with E-state index in [1.807, 2.05) is 20.8 Å². The van der Waals surface area contributed by atoms with Crippen LogP contribution in [0.4, 0.5) is 5.69 Å². The molecule has 0 saturated carbocycles. The zero-order valence-corrected chi connectivity index (χ0v) is 18.7. The van der Waals surface area contributed by atoms with Crippen molar-refractivity contribution in [2.45, 2.75) is 45.6 Å². The minimum atomic E-state index is -0.520. The Labute approximate surface area is 178 Å². The summed E-state index contributed by atoms with van der Waals surface area (Å²) >= 11 is 0. The maximum absolute atomic E-state index is 12.8. The number of ether oxygens (including phenoxy) is 3. The van der Waals surface area contributed by atoms with Gasteiger partial charge in [-0.2, -0.15) is 0 Å². The monoisotopic (exact) mass is 420 g/mol. The van der Waals surface area contributed by atoms with Crippen molar-refractivity contribution in [1.29, 1.82) is 0 Å². The molecule has 0 aliphatic carbocycles. The number of hydrogen-bond acceptors (Lipinski definition) is 6. The van der Waals surface area contributed by atoms with Crippen LogP contribution in [0, 0.1) is 5.92 Å². The van der Waals surface area contributed by atoms with Gasteiger partial charge >= 0.3 is 5.97 Å². The van der Waals surface area contributed by atoms with Gasteiger partial charge in [0.2, 0.25) is 11.8 Å². The zero-order chi connectivity index (χ0) is 22.5. The minimum Gasteiger partial charge on any atom is -0.497 e. The van der Waals surface area contributed by atoms with E-state index in [0.29, 0.717) is 30.2 Å². The quantitative estimate of drug-likeness (QED) is 0.601.